The van der Waals surface area contributed by atoms with E-state index in [-0.39, 0.29) is 24.2 Å². The van der Waals surface area contributed by atoms with E-state index in [0.29, 0.717) is 45.9 Å². The van der Waals surface area contributed by atoms with E-state index in [1.54, 1.807) is 4.90 Å². The van der Waals surface area contributed by atoms with Gasteiger partial charge in [-0.2, -0.15) is 4.98 Å². The summed E-state index contributed by atoms with van der Waals surface area (Å²) in [5.41, 5.74) is 4.16. The lowest BCUT2D eigenvalue weighted by molar-refractivity contribution is -0.136. The third kappa shape index (κ3) is 4.96. The molecule has 1 aromatic carbocycles. The molecule has 3 saturated heterocycles. The fourth-order valence-electron chi connectivity index (χ4n) is 5.03. The molecule has 9 heteroatoms. The Morgan fingerprint density at radius 3 is 2.37 bits per heavy atom. The van der Waals surface area contributed by atoms with Gasteiger partial charge in [0.1, 0.15) is 5.82 Å². The summed E-state index contributed by atoms with van der Waals surface area (Å²) in [5.74, 6) is 1.46. The number of carbonyl (C=O) groups excluding carboxylic acids is 2. The largest absolute Gasteiger partial charge is 0.378 e. The van der Waals surface area contributed by atoms with Crippen LogP contribution in [0.15, 0.2) is 24.3 Å². The summed E-state index contributed by atoms with van der Waals surface area (Å²) in [6, 6.07) is 8.06. The molecule has 1 unspecified atom stereocenters. The molecular formula is C26H34N6O3. The second kappa shape index (κ2) is 9.81. The van der Waals surface area contributed by atoms with Gasteiger partial charge in [-0.05, 0) is 44.0 Å². The number of aromatic nitrogens is 2. The maximum absolute atomic E-state index is 13.3. The molecule has 2 aromatic rings. The van der Waals surface area contributed by atoms with Gasteiger partial charge >= 0.3 is 0 Å². The fraction of sp³-hybridized carbons (Fsp3) is 0.538. The molecule has 1 aromatic heterocycles. The number of aryl methyl sites for hydroxylation is 3. The lowest BCUT2D eigenvalue weighted by atomic mass is 10.1. The summed E-state index contributed by atoms with van der Waals surface area (Å²) in [4.78, 5) is 43.5. The molecule has 0 spiro atoms. The van der Waals surface area contributed by atoms with Crippen molar-refractivity contribution in [3.8, 4) is 0 Å². The number of carbonyl (C=O) groups is 2. The molecular weight excluding hydrogens is 444 g/mol. The van der Waals surface area contributed by atoms with Gasteiger partial charge < -0.3 is 24.3 Å². The summed E-state index contributed by atoms with van der Waals surface area (Å²) in [6.45, 7) is 12.2. The summed E-state index contributed by atoms with van der Waals surface area (Å²) in [5, 5.41) is 0. The van der Waals surface area contributed by atoms with Crippen LogP contribution in [0.4, 0.5) is 17.5 Å². The number of benzene rings is 1. The van der Waals surface area contributed by atoms with Crippen LogP contribution in [0.1, 0.15) is 23.2 Å². The Morgan fingerprint density at radius 1 is 0.914 bits per heavy atom. The molecule has 4 heterocycles. The first kappa shape index (κ1) is 23.5. The van der Waals surface area contributed by atoms with E-state index in [4.69, 9.17) is 9.72 Å². The molecule has 0 aliphatic carbocycles. The van der Waals surface area contributed by atoms with Crippen molar-refractivity contribution in [3.63, 3.8) is 0 Å². The highest BCUT2D eigenvalue weighted by Crippen LogP contribution is 2.28. The topological polar surface area (TPSA) is 82.1 Å². The molecule has 2 amide bonds. The molecule has 5 rings (SSSR count). The summed E-state index contributed by atoms with van der Waals surface area (Å²) < 4.78 is 5.47. The van der Waals surface area contributed by atoms with Gasteiger partial charge in [0.15, 0.2) is 0 Å². The molecule has 3 aliphatic heterocycles. The van der Waals surface area contributed by atoms with Crippen LogP contribution in [0, 0.1) is 26.7 Å². The molecule has 9 nitrogen and oxygen atoms in total. The first-order valence-corrected chi connectivity index (χ1v) is 12.5. The average molecular weight is 479 g/mol. The highest BCUT2D eigenvalue weighted by Gasteiger charge is 2.38. The minimum atomic E-state index is -0.293. The zero-order valence-electron chi connectivity index (χ0n) is 20.9. The minimum Gasteiger partial charge on any atom is -0.378 e. The first-order chi connectivity index (χ1) is 16.9. The van der Waals surface area contributed by atoms with E-state index in [1.165, 1.54) is 5.56 Å². The molecule has 1 atom stereocenters. The van der Waals surface area contributed by atoms with E-state index >= 15 is 0 Å². The highest BCUT2D eigenvalue weighted by atomic mass is 16.5. The first-order valence-electron chi connectivity index (χ1n) is 12.5. The van der Waals surface area contributed by atoms with Crippen LogP contribution < -0.4 is 14.7 Å². The van der Waals surface area contributed by atoms with E-state index < -0.39 is 0 Å². The zero-order valence-corrected chi connectivity index (χ0v) is 20.9. The number of hydrogen-bond donors (Lipinski definition) is 0. The maximum Gasteiger partial charge on any atom is 0.228 e. The molecule has 0 bridgehead atoms. The normalized spacial score (nSPS) is 21.1. The predicted molar refractivity (Wildman–Crippen MR) is 135 cm³/mol. The number of hydrogen-bond acceptors (Lipinski definition) is 7. The van der Waals surface area contributed by atoms with Crippen molar-refractivity contribution >= 4 is 29.3 Å². The fourth-order valence-corrected chi connectivity index (χ4v) is 5.03. The number of morpholine rings is 1. The lowest BCUT2D eigenvalue weighted by Gasteiger charge is -2.36. The van der Waals surface area contributed by atoms with Crippen LogP contribution in [0.5, 0.6) is 0 Å². The maximum atomic E-state index is 13.3. The third-order valence-corrected chi connectivity index (χ3v) is 7.31. The molecule has 0 N–H and O–H groups in total. The van der Waals surface area contributed by atoms with Crippen molar-refractivity contribution in [2.75, 3.05) is 73.7 Å². The number of anilines is 3. The minimum absolute atomic E-state index is 0.0223. The van der Waals surface area contributed by atoms with Crippen LogP contribution in [-0.4, -0.2) is 85.7 Å². The number of nitrogens with zero attached hydrogens (tertiary/aromatic N) is 6. The Labute approximate surface area is 206 Å². The average Bonchev–Trinajstić information content (AvgIpc) is 3.27. The van der Waals surface area contributed by atoms with E-state index in [0.717, 1.165) is 41.8 Å². The van der Waals surface area contributed by atoms with Crippen molar-refractivity contribution in [2.45, 2.75) is 27.2 Å². The SMILES string of the molecule is Cc1cc(N2CCOCC2)nc(N2CCN(C(=O)C3CC(=O)N(c4ccc(C)c(C)c4)C3)CC2)n1. The van der Waals surface area contributed by atoms with Gasteiger partial charge in [-0.3, -0.25) is 9.59 Å². The van der Waals surface area contributed by atoms with Crippen LogP contribution >= 0.6 is 0 Å². The van der Waals surface area contributed by atoms with Crippen molar-refractivity contribution < 1.29 is 14.3 Å². The highest BCUT2D eigenvalue weighted by molar-refractivity contribution is 6.00. The van der Waals surface area contributed by atoms with E-state index in [2.05, 4.69) is 21.7 Å². The number of ether oxygens (including phenoxy) is 1. The third-order valence-electron chi connectivity index (χ3n) is 7.31. The molecule has 3 aliphatic rings. The zero-order chi connectivity index (χ0) is 24.5. The van der Waals surface area contributed by atoms with Crippen LogP contribution in [-0.2, 0) is 14.3 Å². The quantitative estimate of drug-likeness (QED) is 0.664. The Morgan fingerprint density at radius 2 is 1.66 bits per heavy atom. The second-order valence-corrected chi connectivity index (χ2v) is 9.75. The standard InChI is InChI=1S/C26H34N6O3/c1-18-4-5-22(14-19(18)2)32-17-21(16-24(32)33)25(34)30-6-8-31(9-7-30)26-27-20(3)15-23(28-26)29-10-12-35-13-11-29/h4-5,14-15,21H,6-13,16-17H2,1-3H3. The molecule has 186 valence electrons. The van der Waals surface area contributed by atoms with Gasteiger partial charge in [-0.25, -0.2) is 4.98 Å². The Kier molecular flexibility index (Phi) is 6.60. The number of rotatable bonds is 4. The smallest absolute Gasteiger partial charge is 0.228 e. The Balaban J connectivity index is 1.20. The summed E-state index contributed by atoms with van der Waals surface area (Å²) >= 11 is 0. The Bertz CT molecular complexity index is 1110. The van der Waals surface area contributed by atoms with Crippen LogP contribution in [0.25, 0.3) is 0 Å². The lowest BCUT2D eigenvalue weighted by Crippen LogP contribution is -2.51. The van der Waals surface area contributed by atoms with E-state index in [1.807, 2.05) is 43.0 Å². The molecule has 35 heavy (non-hydrogen) atoms. The van der Waals surface area contributed by atoms with Crippen LogP contribution in [0.3, 0.4) is 0 Å². The van der Waals surface area contributed by atoms with Gasteiger partial charge in [0.25, 0.3) is 0 Å². The van der Waals surface area contributed by atoms with Crippen molar-refractivity contribution in [1.82, 2.24) is 14.9 Å². The van der Waals surface area contributed by atoms with Gasteiger partial charge in [0.05, 0.1) is 19.1 Å². The molecule has 3 fully saturated rings. The molecule has 0 saturated carbocycles. The van der Waals surface area contributed by atoms with Crippen molar-refractivity contribution in [1.29, 1.82) is 0 Å². The monoisotopic (exact) mass is 478 g/mol. The summed E-state index contributed by atoms with van der Waals surface area (Å²) in [7, 11) is 0. The predicted octanol–water partition coefficient (Wildman–Crippen LogP) is 1.94. The number of piperazine rings is 1. The molecule has 0 radical (unpaired) electrons. The van der Waals surface area contributed by atoms with Crippen LogP contribution in [0.2, 0.25) is 0 Å². The van der Waals surface area contributed by atoms with Crippen molar-refractivity contribution in [2.24, 2.45) is 5.92 Å². The van der Waals surface area contributed by atoms with Gasteiger partial charge in [0, 0.05) is 69.7 Å². The van der Waals surface area contributed by atoms with Gasteiger partial charge in [0.2, 0.25) is 17.8 Å². The summed E-state index contributed by atoms with van der Waals surface area (Å²) in [6.07, 6.45) is 0.274. The second-order valence-electron chi connectivity index (χ2n) is 9.75. The number of amides is 2. The van der Waals surface area contributed by atoms with Gasteiger partial charge in [-0.1, -0.05) is 6.07 Å². The van der Waals surface area contributed by atoms with Crippen molar-refractivity contribution in [3.05, 3.63) is 41.1 Å². The Hall–Kier alpha value is -3.20. The van der Waals surface area contributed by atoms with Gasteiger partial charge in [-0.15, -0.1) is 0 Å². The van der Waals surface area contributed by atoms with E-state index in [9.17, 15) is 9.59 Å².